The monoisotopic (exact) mass is 395 g/mol. The number of H-pyrrole nitrogens is 1. The van der Waals surface area contributed by atoms with Gasteiger partial charge in [0.2, 0.25) is 5.89 Å². The molecular weight excluding hydrogens is 382 g/mol. The zero-order valence-corrected chi connectivity index (χ0v) is 15.4. The Morgan fingerprint density at radius 3 is 2.96 bits per heavy atom. The number of benzene rings is 1. The molecule has 28 heavy (non-hydrogen) atoms. The zero-order valence-electron chi connectivity index (χ0n) is 14.6. The third-order valence-corrected chi connectivity index (χ3v) is 4.65. The van der Waals surface area contributed by atoms with Crippen molar-refractivity contribution in [2.75, 3.05) is 7.11 Å². The van der Waals surface area contributed by atoms with Crippen LogP contribution in [0.1, 0.15) is 16.2 Å². The molecule has 140 valence electrons. The van der Waals surface area contributed by atoms with Crippen LogP contribution in [0.15, 0.2) is 57.2 Å². The SMILES string of the molecule is COC(=O)c1ccc2c(=O)[nH]c(CSc3nnc(-c4cccnc4)o3)nc2c1. The molecule has 0 aliphatic heterocycles. The van der Waals surface area contributed by atoms with Crippen LogP contribution in [0.3, 0.4) is 0 Å². The van der Waals surface area contributed by atoms with Gasteiger partial charge < -0.3 is 14.1 Å². The summed E-state index contributed by atoms with van der Waals surface area (Å²) in [6, 6.07) is 8.19. The Kier molecular flexibility index (Phi) is 4.85. The average molecular weight is 395 g/mol. The van der Waals surface area contributed by atoms with E-state index in [4.69, 9.17) is 9.15 Å². The fourth-order valence-corrected chi connectivity index (χ4v) is 3.14. The van der Waals surface area contributed by atoms with Gasteiger partial charge in [0.15, 0.2) is 0 Å². The summed E-state index contributed by atoms with van der Waals surface area (Å²) >= 11 is 1.24. The number of hydrogen-bond donors (Lipinski definition) is 1. The first kappa shape index (κ1) is 17.9. The van der Waals surface area contributed by atoms with E-state index >= 15 is 0 Å². The maximum absolute atomic E-state index is 12.3. The molecule has 0 spiro atoms. The number of carbonyl (C=O) groups excluding carboxylic acids is 1. The van der Waals surface area contributed by atoms with Crippen molar-refractivity contribution in [3.05, 3.63) is 64.5 Å². The Morgan fingerprint density at radius 2 is 2.18 bits per heavy atom. The minimum Gasteiger partial charge on any atom is -0.465 e. The topological polar surface area (TPSA) is 124 Å². The minimum atomic E-state index is -0.492. The summed E-state index contributed by atoms with van der Waals surface area (Å²) < 4.78 is 10.3. The van der Waals surface area contributed by atoms with Crippen molar-refractivity contribution in [3.63, 3.8) is 0 Å². The second-order valence-corrected chi connectivity index (χ2v) is 6.57. The van der Waals surface area contributed by atoms with Gasteiger partial charge in [0.25, 0.3) is 10.8 Å². The summed E-state index contributed by atoms with van der Waals surface area (Å²) in [5.41, 5.74) is 1.15. The molecule has 0 aliphatic carbocycles. The van der Waals surface area contributed by atoms with Crippen molar-refractivity contribution in [1.82, 2.24) is 25.1 Å². The highest BCUT2D eigenvalue weighted by molar-refractivity contribution is 7.98. The van der Waals surface area contributed by atoms with Gasteiger partial charge in [-0.25, -0.2) is 9.78 Å². The number of carbonyl (C=O) groups is 1. The van der Waals surface area contributed by atoms with Crippen LogP contribution < -0.4 is 5.56 Å². The van der Waals surface area contributed by atoms with E-state index < -0.39 is 5.97 Å². The zero-order chi connectivity index (χ0) is 19.5. The van der Waals surface area contributed by atoms with Crippen molar-refractivity contribution in [3.8, 4) is 11.5 Å². The number of nitrogens with zero attached hydrogens (tertiary/aromatic N) is 4. The molecule has 0 saturated carbocycles. The average Bonchev–Trinajstić information content (AvgIpc) is 3.21. The standard InChI is InChI=1S/C18H13N5O4S/c1-26-17(25)10-4-5-12-13(7-10)20-14(21-15(12)24)9-28-18-23-22-16(27-18)11-3-2-6-19-8-11/h2-8H,9H2,1H3,(H,20,21,24). The number of methoxy groups -OCH3 is 1. The van der Waals surface area contributed by atoms with Gasteiger partial charge in [0.1, 0.15) is 5.82 Å². The van der Waals surface area contributed by atoms with Crippen LogP contribution in [-0.4, -0.2) is 38.2 Å². The number of fused-ring (bicyclic) bond motifs is 1. The van der Waals surface area contributed by atoms with Gasteiger partial charge in [0.05, 0.1) is 34.9 Å². The maximum Gasteiger partial charge on any atom is 0.337 e. The molecule has 9 nitrogen and oxygen atoms in total. The summed E-state index contributed by atoms with van der Waals surface area (Å²) in [6.45, 7) is 0. The predicted octanol–water partition coefficient (Wildman–Crippen LogP) is 2.45. The first-order valence-corrected chi connectivity index (χ1v) is 9.10. The highest BCUT2D eigenvalue weighted by Crippen LogP contribution is 2.24. The van der Waals surface area contributed by atoms with Gasteiger partial charge in [-0.15, -0.1) is 10.2 Å². The van der Waals surface area contributed by atoms with E-state index in [1.165, 1.54) is 31.0 Å². The number of ether oxygens (including phenoxy) is 1. The van der Waals surface area contributed by atoms with Gasteiger partial charge >= 0.3 is 5.97 Å². The fraction of sp³-hybridized carbons (Fsp3) is 0.111. The number of thioether (sulfide) groups is 1. The lowest BCUT2D eigenvalue weighted by Gasteiger charge is -2.03. The normalized spacial score (nSPS) is 10.9. The molecule has 0 atom stereocenters. The number of aromatic nitrogens is 5. The summed E-state index contributed by atoms with van der Waals surface area (Å²) in [7, 11) is 1.30. The smallest absolute Gasteiger partial charge is 0.337 e. The van der Waals surface area contributed by atoms with E-state index in [9.17, 15) is 9.59 Å². The third-order valence-electron chi connectivity index (χ3n) is 3.82. The molecule has 0 unspecified atom stereocenters. The van der Waals surface area contributed by atoms with Crippen LogP contribution in [0.25, 0.3) is 22.4 Å². The molecule has 0 bridgehead atoms. The molecule has 0 aliphatic rings. The molecule has 4 aromatic rings. The number of pyridine rings is 1. The Bertz CT molecular complexity index is 1210. The Balaban J connectivity index is 1.56. The lowest BCUT2D eigenvalue weighted by atomic mass is 10.1. The maximum atomic E-state index is 12.3. The molecule has 3 heterocycles. The molecule has 0 saturated heterocycles. The third kappa shape index (κ3) is 3.62. The summed E-state index contributed by atoms with van der Waals surface area (Å²) in [5.74, 6) is 0.597. The largest absolute Gasteiger partial charge is 0.465 e. The van der Waals surface area contributed by atoms with Crippen molar-refractivity contribution in [1.29, 1.82) is 0 Å². The molecule has 3 aromatic heterocycles. The quantitative estimate of drug-likeness (QED) is 0.401. The Labute approximate surface area is 162 Å². The number of rotatable bonds is 5. The van der Waals surface area contributed by atoms with Gasteiger partial charge in [-0.05, 0) is 30.3 Å². The first-order chi connectivity index (χ1) is 13.6. The number of hydrogen-bond acceptors (Lipinski definition) is 9. The van der Waals surface area contributed by atoms with E-state index in [0.29, 0.717) is 39.2 Å². The van der Waals surface area contributed by atoms with Crippen LogP contribution >= 0.6 is 11.8 Å². The molecule has 0 radical (unpaired) electrons. The van der Waals surface area contributed by atoms with Crippen LogP contribution in [0.5, 0.6) is 0 Å². The molecule has 4 rings (SSSR count). The van der Waals surface area contributed by atoms with Crippen molar-refractivity contribution >= 4 is 28.6 Å². The van der Waals surface area contributed by atoms with E-state index in [1.54, 1.807) is 24.5 Å². The second-order valence-electron chi connectivity index (χ2n) is 5.64. The first-order valence-electron chi connectivity index (χ1n) is 8.12. The van der Waals surface area contributed by atoms with Crippen molar-refractivity contribution in [2.24, 2.45) is 0 Å². The fourth-order valence-electron chi connectivity index (χ4n) is 2.51. The van der Waals surface area contributed by atoms with Crippen LogP contribution in [0.4, 0.5) is 0 Å². The molecule has 10 heteroatoms. The van der Waals surface area contributed by atoms with Crippen molar-refractivity contribution < 1.29 is 13.9 Å². The highest BCUT2D eigenvalue weighted by Gasteiger charge is 2.12. The van der Waals surface area contributed by atoms with E-state index in [0.717, 1.165) is 5.56 Å². The lowest BCUT2D eigenvalue weighted by molar-refractivity contribution is 0.0601. The van der Waals surface area contributed by atoms with Crippen molar-refractivity contribution in [2.45, 2.75) is 11.0 Å². The number of esters is 1. The number of aromatic amines is 1. The van der Waals surface area contributed by atoms with Crippen LogP contribution in [-0.2, 0) is 10.5 Å². The van der Waals surface area contributed by atoms with E-state index in [1.807, 2.05) is 6.07 Å². The lowest BCUT2D eigenvalue weighted by Crippen LogP contribution is -2.12. The summed E-state index contributed by atoms with van der Waals surface area (Å²) in [4.78, 5) is 35.1. The van der Waals surface area contributed by atoms with E-state index in [-0.39, 0.29) is 5.56 Å². The molecular formula is C18H13N5O4S. The number of nitrogens with one attached hydrogen (secondary N) is 1. The Morgan fingerprint density at radius 1 is 1.29 bits per heavy atom. The van der Waals surface area contributed by atoms with E-state index in [2.05, 4.69) is 25.1 Å². The second kappa shape index (κ2) is 7.61. The minimum absolute atomic E-state index is 0.293. The van der Waals surface area contributed by atoms with Gasteiger partial charge in [-0.2, -0.15) is 0 Å². The predicted molar refractivity (Wildman–Crippen MR) is 101 cm³/mol. The summed E-state index contributed by atoms with van der Waals surface area (Å²) in [6.07, 6.45) is 3.28. The molecule has 1 aromatic carbocycles. The molecule has 0 fully saturated rings. The molecule has 0 amide bonds. The van der Waals surface area contributed by atoms with Gasteiger partial charge in [0, 0.05) is 12.4 Å². The van der Waals surface area contributed by atoms with Crippen LogP contribution in [0.2, 0.25) is 0 Å². The van der Waals surface area contributed by atoms with Gasteiger partial charge in [-0.3, -0.25) is 9.78 Å². The Hall–Kier alpha value is -3.53. The van der Waals surface area contributed by atoms with Gasteiger partial charge in [-0.1, -0.05) is 11.8 Å². The highest BCUT2D eigenvalue weighted by atomic mass is 32.2. The van der Waals surface area contributed by atoms with Crippen LogP contribution in [0, 0.1) is 0 Å². The summed E-state index contributed by atoms with van der Waals surface area (Å²) in [5, 5.41) is 8.69. The molecule has 1 N–H and O–H groups in total.